The van der Waals surface area contributed by atoms with Crippen molar-refractivity contribution < 1.29 is 19.5 Å². The van der Waals surface area contributed by atoms with Crippen molar-refractivity contribution in [2.45, 2.75) is 45.1 Å². The van der Waals surface area contributed by atoms with Gasteiger partial charge in [0.1, 0.15) is 5.65 Å². The lowest BCUT2D eigenvalue weighted by Crippen LogP contribution is -2.41. The molecule has 0 aliphatic rings. The van der Waals surface area contributed by atoms with E-state index in [9.17, 15) is 19.2 Å². The smallest absolute Gasteiger partial charge is 0.303 e. The average Bonchev–Trinajstić information content (AvgIpc) is 3.17. The normalized spacial score (nSPS) is 11.9. The minimum Gasteiger partial charge on any atom is -0.481 e. The van der Waals surface area contributed by atoms with Gasteiger partial charge in [0.2, 0.25) is 5.95 Å². The van der Waals surface area contributed by atoms with Crippen molar-refractivity contribution in [2.75, 3.05) is 5.73 Å². The number of hydrogen-bond donors (Lipinski definition) is 5. The number of aromatic nitrogens is 3. The van der Waals surface area contributed by atoms with Gasteiger partial charge in [-0.1, -0.05) is 19.1 Å². The maximum atomic E-state index is 12.5. The van der Waals surface area contributed by atoms with E-state index in [-0.39, 0.29) is 36.6 Å². The van der Waals surface area contributed by atoms with Crippen molar-refractivity contribution in [2.24, 2.45) is 0 Å². The Balaban J connectivity index is 1.64. The van der Waals surface area contributed by atoms with Gasteiger partial charge in [0.25, 0.3) is 11.5 Å². The number of rotatable bonds is 10. The topological polar surface area (TPSA) is 171 Å². The zero-order valence-electron chi connectivity index (χ0n) is 17.6. The number of nitrogens with zero attached hydrogens (tertiary/aromatic N) is 1. The van der Waals surface area contributed by atoms with Gasteiger partial charge in [-0.3, -0.25) is 24.2 Å². The Labute approximate surface area is 183 Å². The summed E-state index contributed by atoms with van der Waals surface area (Å²) in [5.41, 5.74) is 7.85. The van der Waals surface area contributed by atoms with Gasteiger partial charge in [-0.05, 0) is 42.5 Å². The molecule has 32 heavy (non-hydrogen) atoms. The van der Waals surface area contributed by atoms with Gasteiger partial charge in [0.05, 0.1) is 11.4 Å². The van der Waals surface area contributed by atoms with E-state index in [0.717, 1.165) is 11.1 Å². The number of carboxylic acids is 1. The number of benzene rings is 1. The summed E-state index contributed by atoms with van der Waals surface area (Å²) < 4.78 is 0. The highest BCUT2D eigenvalue weighted by Crippen LogP contribution is 2.16. The number of aromatic amines is 2. The molecule has 10 heteroatoms. The number of carbonyl (C=O) groups excluding carboxylic acids is 2. The summed E-state index contributed by atoms with van der Waals surface area (Å²) in [5, 5.41) is 12.0. The van der Waals surface area contributed by atoms with E-state index in [4.69, 9.17) is 10.8 Å². The number of carbonyl (C=O) groups is 3. The fourth-order valence-corrected chi connectivity index (χ4v) is 3.49. The number of nitrogen functional groups attached to an aromatic ring is 1. The molecular weight excluding hydrogens is 414 g/mol. The number of aliphatic carboxylic acids is 1. The molecule has 1 aromatic carbocycles. The zero-order valence-corrected chi connectivity index (χ0v) is 17.6. The number of nitrogens with one attached hydrogen (secondary N) is 3. The number of amides is 1. The van der Waals surface area contributed by atoms with E-state index in [0.29, 0.717) is 29.4 Å². The first kappa shape index (κ1) is 22.7. The van der Waals surface area contributed by atoms with Gasteiger partial charge in [-0.2, -0.15) is 4.98 Å². The van der Waals surface area contributed by atoms with Crippen molar-refractivity contribution in [3.05, 3.63) is 57.5 Å². The zero-order chi connectivity index (χ0) is 23.3. The minimum absolute atomic E-state index is 0.0515. The largest absolute Gasteiger partial charge is 0.481 e. The molecule has 0 aliphatic carbocycles. The monoisotopic (exact) mass is 439 g/mol. The second kappa shape index (κ2) is 9.90. The van der Waals surface area contributed by atoms with Crippen LogP contribution < -0.4 is 16.6 Å². The summed E-state index contributed by atoms with van der Waals surface area (Å²) >= 11 is 0. The van der Waals surface area contributed by atoms with Crippen molar-refractivity contribution in [3.8, 4) is 0 Å². The fraction of sp³-hybridized carbons (Fsp3) is 0.318. The third kappa shape index (κ3) is 5.39. The average molecular weight is 439 g/mol. The Bertz CT molecular complexity index is 1200. The maximum Gasteiger partial charge on any atom is 0.303 e. The van der Waals surface area contributed by atoms with E-state index in [2.05, 4.69) is 20.3 Å². The predicted octanol–water partition coefficient (Wildman–Crippen LogP) is 1.56. The number of H-pyrrole nitrogens is 2. The van der Waals surface area contributed by atoms with Crippen LogP contribution in [-0.4, -0.2) is 43.8 Å². The molecule has 0 fully saturated rings. The van der Waals surface area contributed by atoms with Crippen LogP contribution in [0.5, 0.6) is 0 Å². The number of hydrogen-bond acceptors (Lipinski definition) is 6. The van der Waals surface area contributed by atoms with Crippen LogP contribution in [0.1, 0.15) is 47.7 Å². The van der Waals surface area contributed by atoms with Gasteiger partial charge in [-0.15, -0.1) is 0 Å². The Morgan fingerprint density at radius 2 is 1.91 bits per heavy atom. The number of carboxylic acid groups (broad SMARTS) is 1. The molecule has 0 spiro atoms. The highest BCUT2D eigenvalue weighted by atomic mass is 16.4. The van der Waals surface area contributed by atoms with Crippen LogP contribution in [0.25, 0.3) is 11.0 Å². The third-order valence-corrected chi connectivity index (χ3v) is 5.23. The number of fused-ring (bicyclic) bond motifs is 1. The highest BCUT2D eigenvalue weighted by Gasteiger charge is 2.21. The predicted molar refractivity (Wildman–Crippen MR) is 118 cm³/mol. The van der Waals surface area contributed by atoms with Gasteiger partial charge in [0, 0.05) is 24.6 Å². The molecule has 2 heterocycles. The molecule has 10 nitrogen and oxygen atoms in total. The molecule has 168 valence electrons. The van der Waals surface area contributed by atoms with E-state index in [1.165, 1.54) is 0 Å². The second-order valence-corrected chi connectivity index (χ2v) is 7.46. The number of anilines is 1. The van der Waals surface area contributed by atoms with Gasteiger partial charge < -0.3 is 21.1 Å². The first-order valence-electron chi connectivity index (χ1n) is 10.3. The van der Waals surface area contributed by atoms with Crippen LogP contribution in [0, 0.1) is 0 Å². The van der Waals surface area contributed by atoms with Crippen LogP contribution in [0.15, 0.2) is 35.3 Å². The second-order valence-electron chi connectivity index (χ2n) is 7.46. The minimum atomic E-state index is -1.02. The first-order chi connectivity index (χ1) is 15.3. The molecule has 2 aromatic heterocycles. The van der Waals surface area contributed by atoms with E-state index in [1.54, 1.807) is 37.4 Å². The third-order valence-electron chi connectivity index (χ3n) is 5.23. The Morgan fingerprint density at radius 3 is 2.56 bits per heavy atom. The molecule has 0 saturated carbocycles. The summed E-state index contributed by atoms with van der Waals surface area (Å²) in [6, 6.07) is 6.08. The highest BCUT2D eigenvalue weighted by molar-refractivity contribution is 5.98. The lowest BCUT2D eigenvalue weighted by Gasteiger charge is -2.16. The van der Waals surface area contributed by atoms with E-state index in [1.807, 2.05) is 0 Å². The quantitative estimate of drug-likeness (QED) is 0.319. The first-order valence-corrected chi connectivity index (χ1v) is 10.3. The van der Waals surface area contributed by atoms with Crippen LogP contribution in [-0.2, 0) is 22.4 Å². The lowest BCUT2D eigenvalue weighted by atomic mass is 10.0. The molecule has 0 bridgehead atoms. The Kier molecular flexibility index (Phi) is 7.04. The van der Waals surface area contributed by atoms with Crippen LogP contribution in [0.2, 0.25) is 0 Å². The van der Waals surface area contributed by atoms with Crippen LogP contribution in [0.4, 0.5) is 5.95 Å². The van der Waals surface area contributed by atoms with E-state index < -0.39 is 17.9 Å². The van der Waals surface area contributed by atoms with Gasteiger partial charge in [-0.25, -0.2) is 0 Å². The Hall–Kier alpha value is -3.95. The van der Waals surface area contributed by atoms with Crippen LogP contribution in [0.3, 0.4) is 0 Å². The summed E-state index contributed by atoms with van der Waals surface area (Å²) in [6.45, 7) is 1.67. The molecule has 3 rings (SSSR count). The molecule has 0 radical (unpaired) electrons. The molecule has 6 N–H and O–H groups in total. The fourth-order valence-electron chi connectivity index (χ4n) is 3.49. The number of aryl methyl sites for hydroxylation is 2. The summed E-state index contributed by atoms with van der Waals surface area (Å²) in [5.74, 6) is -1.61. The van der Waals surface area contributed by atoms with Crippen molar-refractivity contribution in [3.63, 3.8) is 0 Å². The summed E-state index contributed by atoms with van der Waals surface area (Å²) in [7, 11) is 0. The number of ketones is 1. The summed E-state index contributed by atoms with van der Waals surface area (Å²) in [4.78, 5) is 57.0. The number of Topliss-reactive ketones (excluding diaryl/α,β-unsaturated/α-hetero) is 1. The lowest BCUT2D eigenvalue weighted by molar-refractivity contribution is -0.137. The summed E-state index contributed by atoms with van der Waals surface area (Å²) in [6.07, 6.45) is 3.01. The molecule has 1 amide bonds. The van der Waals surface area contributed by atoms with Crippen molar-refractivity contribution in [1.29, 1.82) is 0 Å². The molecule has 0 unspecified atom stereocenters. The molecule has 0 saturated heterocycles. The number of nitrogens with two attached hydrogens (primary N) is 1. The maximum absolute atomic E-state index is 12.5. The van der Waals surface area contributed by atoms with Crippen molar-refractivity contribution >= 4 is 34.6 Å². The van der Waals surface area contributed by atoms with Crippen LogP contribution >= 0.6 is 0 Å². The molecule has 3 aromatic rings. The molecule has 0 aliphatic heterocycles. The SMILES string of the molecule is CCC(=O)[C@H](CCC(=O)O)NC(=O)c1ccc(CCc2c[nH]c3nc(N)[nH]c(=O)c23)cc1. The molecular formula is C22H25N5O5. The standard InChI is InChI=1S/C22H25N5O5/c1-2-16(28)15(9-10-17(29)30)25-20(31)13-6-3-12(4-7-13)5-8-14-11-24-19-18(14)21(32)27-22(23)26-19/h3-4,6-7,11,15H,2,5,8-10H2,1H3,(H,25,31)(H,29,30)(H4,23,24,26,27,32)/t15-/m0/s1. The van der Waals surface area contributed by atoms with Gasteiger partial charge in [0.15, 0.2) is 5.78 Å². The van der Waals surface area contributed by atoms with Gasteiger partial charge >= 0.3 is 5.97 Å². The molecule has 1 atom stereocenters. The van der Waals surface area contributed by atoms with Crippen molar-refractivity contribution in [1.82, 2.24) is 20.3 Å². The van der Waals surface area contributed by atoms with E-state index >= 15 is 0 Å². The Morgan fingerprint density at radius 1 is 1.19 bits per heavy atom.